The number of benzene rings is 1. The number of fused-ring (bicyclic) bond motifs is 1. The number of pyridine rings is 1. The molecule has 0 bridgehead atoms. The molecular weight excluding hydrogens is 145 g/mol. The van der Waals surface area contributed by atoms with Gasteiger partial charge in [-0.15, -0.1) is 0 Å². The summed E-state index contributed by atoms with van der Waals surface area (Å²) >= 11 is 0. The van der Waals surface area contributed by atoms with Crippen LogP contribution in [0.15, 0.2) is 36.5 Å². The van der Waals surface area contributed by atoms with Gasteiger partial charge in [0.25, 0.3) is 0 Å². The number of aromatic nitrogens is 1. The van der Waals surface area contributed by atoms with Crippen LogP contribution in [0.3, 0.4) is 0 Å². The van der Waals surface area contributed by atoms with Crippen LogP contribution in [0.2, 0.25) is 0 Å². The van der Waals surface area contributed by atoms with Crippen LogP contribution in [-0.4, -0.2) is 29.0 Å². The zero-order valence-electron chi connectivity index (χ0n) is 5.86. The number of hydrogen-bond acceptors (Lipinski definition) is 2. The van der Waals surface area contributed by atoms with Gasteiger partial charge < -0.3 is 5.11 Å². The average molecular weight is 153 g/mol. The molecule has 2 aromatic rings. The van der Waals surface area contributed by atoms with E-state index in [9.17, 15) is 0 Å². The Morgan fingerprint density at radius 1 is 1.17 bits per heavy atom. The molecular formula is C9H8LiNO. The van der Waals surface area contributed by atoms with E-state index in [4.69, 9.17) is 5.11 Å². The predicted octanol–water partition coefficient (Wildman–Crippen LogP) is 1.29. The standard InChI is InChI=1S/C9H7NO.Li.H/c11-8-4-3-7-2-1-5-10-9(7)6-8;;/h1-6,11H;;. The Balaban J connectivity index is 0.000000720. The van der Waals surface area contributed by atoms with Gasteiger partial charge in [-0.1, -0.05) is 6.07 Å². The summed E-state index contributed by atoms with van der Waals surface area (Å²) in [5.41, 5.74) is 0.826. The van der Waals surface area contributed by atoms with Gasteiger partial charge in [0.05, 0.1) is 5.52 Å². The maximum absolute atomic E-state index is 9.09. The second-order valence-corrected chi connectivity index (χ2v) is 2.38. The summed E-state index contributed by atoms with van der Waals surface area (Å²) in [7, 11) is 0. The normalized spacial score (nSPS) is 9.33. The Kier molecular flexibility index (Phi) is 2.75. The Morgan fingerprint density at radius 3 is 2.83 bits per heavy atom. The maximum atomic E-state index is 9.09. The van der Waals surface area contributed by atoms with Gasteiger partial charge in [0.15, 0.2) is 0 Å². The van der Waals surface area contributed by atoms with Gasteiger partial charge in [-0.3, -0.25) is 4.98 Å². The van der Waals surface area contributed by atoms with Crippen LogP contribution in [0, 0.1) is 0 Å². The topological polar surface area (TPSA) is 33.1 Å². The van der Waals surface area contributed by atoms with Crippen molar-refractivity contribution in [2.75, 3.05) is 0 Å². The molecule has 1 N–H and O–H groups in total. The van der Waals surface area contributed by atoms with Crippen LogP contribution in [0.1, 0.15) is 0 Å². The molecule has 0 aliphatic heterocycles. The van der Waals surface area contributed by atoms with E-state index >= 15 is 0 Å². The van der Waals surface area contributed by atoms with Crippen molar-refractivity contribution in [3.63, 3.8) is 0 Å². The van der Waals surface area contributed by atoms with E-state index < -0.39 is 0 Å². The van der Waals surface area contributed by atoms with Crippen molar-refractivity contribution in [3.05, 3.63) is 36.5 Å². The van der Waals surface area contributed by atoms with Gasteiger partial charge in [-0.05, 0) is 18.2 Å². The molecule has 0 atom stereocenters. The van der Waals surface area contributed by atoms with Crippen LogP contribution in [0.4, 0.5) is 0 Å². The second-order valence-electron chi connectivity index (χ2n) is 2.38. The zero-order chi connectivity index (χ0) is 7.68. The number of phenolic OH excluding ortho intramolecular Hbond substituents is 1. The fourth-order valence-corrected chi connectivity index (χ4v) is 1.05. The molecule has 0 aliphatic carbocycles. The van der Waals surface area contributed by atoms with Gasteiger partial charge in [0.2, 0.25) is 0 Å². The van der Waals surface area contributed by atoms with Gasteiger partial charge in [0.1, 0.15) is 5.75 Å². The molecule has 0 amide bonds. The van der Waals surface area contributed by atoms with Crippen molar-refractivity contribution in [3.8, 4) is 5.75 Å². The molecule has 2 nitrogen and oxygen atoms in total. The molecule has 56 valence electrons. The first-order valence-electron chi connectivity index (χ1n) is 3.40. The van der Waals surface area contributed by atoms with E-state index in [2.05, 4.69) is 4.98 Å². The van der Waals surface area contributed by atoms with Crippen LogP contribution in [0.5, 0.6) is 5.75 Å². The number of rotatable bonds is 0. The number of hydrogen-bond donors (Lipinski definition) is 1. The number of nitrogens with zero attached hydrogens (tertiary/aromatic N) is 1. The van der Waals surface area contributed by atoms with Crippen molar-refractivity contribution < 1.29 is 5.11 Å². The van der Waals surface area contributed by atoms with Crippen molar-refractivity contribution in [1.82, 2.24) is 4.98 Å². The van der Waals surface area contributed by atoms with Crippen LogP contribution < -0.4 is 0 Å². The van der Waals surface area contributed by atoms with Crippen molar-refractivity contribution in [2.45, 2.75) is 0 Å². The third-order valence-corrected chi connectivity index (χ3v) is 1.59. The van der Waals surface area contributed by atoms with Gasteiger partial charge in [-0.25, -0.2) is 0 Å². The fraction of sp³-hybridized carbons (Fsp3) is 0. The summed E-state index contributed by atoms with van der Waals surface area (Å²) in [5.74, 6) is 0.260. The van der Waals surface area contributed by atoms with Crippen LogP contribution in [0.25, 0.3) is 10.9 Å². The minimum absolute atomic E-state index is 0. The van der Waals surface area contributed by atoms with E-state index in [1.807, 2.05) is 18.2 Å². The molecule has 0 spiro atoms. The average Bonchev–Trinajstić information content (AvgIpc) is 2.04. The quantitative estimate of drug-likeness (QED) is 0.578. The molecule has 1 aromatic heterocycles. The third-order valence-electron chi connectivity index (χ3n) is 1.59. The van der Waals surface area contributed by atoms with Gasteiger partial charge in [0, 0.05) is 17.6 Å². The van der Waals surface area contributed by atoms with Gasteiger partial charge in [-0.2, -0.15) is 0 Å². The Morgan fingerprint density at radius 2 is 2.00 bits per heavy atom. The Hall–Kier alpha value is -0.973. The van der Waals surface area contributed by atoms with Gasteiger partial charge >= 0.3 is 18.9 Å². The summed E-state index contributed by atoms with van der Waals surface area (Å²) in [6, 6.07) is 8.98. The molecule has 1 heterocycles. The van der Waals surface area contributed by atoms with E-state index in [-0.39, 0.29) is 24.6 Å². The molecule has 1 aromatic carbocycles. The van der Waals surface area contributed by atoms with Crippen molar-refractivity contribution >= 4 is 29.8 Å². The molecule has 0 fully saturated rings. The Labute approximate surface area is 82.4 Å². The first kappa shape index (κ1) is 9.12. The molecule has 0 saturated heterocycles. The molecule has 0 aliphatic rings. The Bertz CT molecular complexity index is 389. The van der Waals surface area contributed by atoms with E-state index in [0.717, 1.165) is 10.9 Å². The molecule has 12 heavy (non-hydrogen) atoms. The van der Waals surface area contributed by atoms with E-state index in [0.29, 0.717) is 0 Å². The molecule has 2 rings (SSSR count). The first-order chi connectivity index (χ1) is 5.36. The summed E-state index contributed by atoms with van der Waals surface area (Å²) < 4.78 is 0. The number of phenols is 1. The zero-order valence-corrected chi connectivity index (χ0v) is 5.86. The number of aromatic hydroxyl groups is 1. The molecule has 3 heteroatoms. The summed E-state index contributed by atoms with van der Waals surface area (Å²) in [4.78, 5) is 4.08. The monoisotopic (exact) mass is 153 g/mol. The fourth-order valence-electron chi connectivity index (χ4n) is 1.05. The van der Waals surface area contributed by atoms with Crippen molar-refractivity contribution in [1.29, 1.82) is 0 Å². The molecule has 0 unspecified atom stereocenters. The second kappa shape index (κ2) is 3.62. The molecule has 0 saturated carbocycles. The van der Waals surface area contributed by atoms with Crippen LogP contribution >= 0.6 is 0 Å². The summed E-state index contributed by atoms with van der Waals surface area (Å²) in [6.45, 7) is 0. The first-order valence-corrected chi connectivity index (χ1v) is 3.40. The predicted molar refractivity (Wildman–Crippen MR) is 50.6 cm³/mol. The SMILES string of the molecule is Oc1ccc2cccnc2c1.[LiH]. The summed E-state index contributed by atoms with van der Waals surface area (Å²) in [5, 5.41) is 10.1. The molecule has 0 radical (unpaired) electrons. The minimum atomic E-state index is 0. The van der Waals surface area contributed by atoms with E-state index in [1.165, 1.54) is 0 Å². The summed E-state index contributed by atoms with van der Waals surface area (Å²) in [6.07, 6.45) is 1.71. The van der Waals surface area contributed by atoms with Crippen LogP contribution in [-0.2, 0) is 0 Å². The third kappa shape index (κ3) is 1.61. The van der Waals surface area contributed by atoms with E-state index in [1.54, 1.807) is 18.3 Å². The van der Waals surface area contributed by atoms with Crippen molar-refractivity contribution in [2.24, 2.45) is 0 Å².